The third kappa shape index (κ3) is 3.72. The minimum atomic E-state index is -4.47. The van der Waals surface area contributed by atoms with Crippen LogP contribution in [-0.2, 0) is 10.0 Å². The molecular weight excluding hydrogens is 345 g/mol. The zero-order chi connectivity index (χ0) is 18.1. The molecule has 0 aromatic heterocycles. The lowest BCUT2D eigenvalue weighted by molar-refractivity contribution is -0.183. The number of likely N-dealkylation sites (tertiary alicyclic amines) is 1. The zero-order valence-electron chi connectivity index (χ0n) is 13.4. The number of carbonyl (C=O) groups excluding carboxylic acids is 1. The number of rotatable bonds is 3. The Morgan fingerprint density at radius 3 is 2.25 bits per heavy atom. The van der Waals surface area contributed by atoms with E-state index >= 15 is 0 Å². The summed E-state index contributed by atoms with van der Waals surface area (Å²) in [6, 6.07) is 3.18. The standard InChI is InChI=1S/C15H19F3N2O3S/c1-19(2)24(22,23)12-8-6-11(7-9-12)14(21)20-10-4-3-5-13(20)15(16,17)18/h6-9,13H,3-5,10H2,1-2H3. The van der Waals surface area contributed by atoms with Gasteiger partial charge in [-0.05, 0) is 43.5 Å². The van der Waals surface area contributed by atoms with Crippen molar-refractivity contribution in [2.45, 2.75) is 36.4 Å². The van der Waals surface area contributed by atoms with Gasteiger partial charge in [-0.15, -0.1) is 0 Å². The van der Waals surface area contributed by atoms with Crippen LogP contribution in [-0.4, -0.2) is 56.4 Å². The van der Waals surface area contributed by atoms with Crippen molar-refractivity contribution >= 4 is 15.9 Å². The summed E-state index contributed by atoms with van der Waals surface area (Å²) < 4.78 is 64.3. The van der Waals surface area contributed by atoms with Crippen LogP contribution < -0.4 is 0 Å². The second-order valence-electron chi connectivity index (χ2n) is 5.86. The van der Waals surface area contributed by atoms with Gasteiger partial charge in [-0.25, -0.2) is 12.7 Å². The van der Waals surface area contributed by atoms with Gasteiger partial charge in [-0.2, -0.15) is 13.2 Å². The molecule has 0 saturated carbocycles. The first-order valence-corrected chi connectivity index (χ1v) is 8.89. The molecule has 0 aliphatic carbocycles. The number of hydrogen-bond donors (Lipinski definition) is 0. The number of benzene rings is 1. The number of alkyl halides is 3. The Balaban J connectivity index is 2.26. The lowest BCUT2D eigenvalue weighted by Crippen LogP contribution is -2.51. The summed E-state index contributed by atoms with van der Waals surface area (Å²) in [7, 11) is -0.908. The van der Waals surface area contributed by atoms with E-state index in [0.29, 0.717) is 12.8 Å². The molecule has 5 nitrogen and oxygen atoms in total. The van der Waals surface area contributed by atoms with Crippen molar-refractivity contribution in [2.75, 3.05) is 20.6 Å². The minimum absolute atomic E-state index is 0.0185. The fraction of sp³-hybridized carbons (Fsp3) is 0.533. The summed E-state index contributed by atoms with van der Waals surface area (Å²) in [6.07, 6.45) is -3.63. The van der Waals surface area contributed by atoms with Crippen LogP contribution in [0.5, 0.6) is 0 Å². The first-order chi connectivity index (χ1) is 11.0. The van der Waals surface area contributed by atoms with Gasteiger partial charge in [-0.1, -0.05) is 0 Å². The second kappa shape index (κ2) is 6.72. The van der Waals surface area contributed by atoms with Gasteiger partial charge in [0.05, 0.1) is 4.90 Å². The summed E-state index contributed by atoms with van der Waals surface area (Å²) >= 11 is 0. The number of hydrogen-bond acceptors (Lipinski definition) is 3. The van der Waals surface area contributed by atoms with Crippen LogP contribution in [0.4, 0.5) is 13.2 Å². The predicted molar refractivity (Wildman–Crippen MR) is 82.0 cm³/mol. The Hall–Kier alpha value is -1.61. The highest BCUT2D eigenvalue weighted by atomic mass is 32.2. The molecule has 0 radical (unpaired) electrons. The highest BCUT2D eigenvalue weighted by Crippen LogP contribution is 2.32. The number of amides is 1. The molecule has 1 aromatic carbocycles. The average Bonchev–Trinajstić information content (AvgIpc) is 2.53. The van der Waals surface area contributed by atoms with E-state index in [0.717, 1.165) is 9.21 Å². The van der Waals surface area contributed by atoms with E-state index in [1.54, 1.807) is 0 Å². The minimum Gasteiger partial charge on any atom is -0.327 e. The van der Waals surface area contributed by atoms with Crippen LogP contribution in [0, 0.1) is 0 Å². The monoisotopic (exact) mass is 364 g/mol. The first-order valence-electron chi connectivity index (χ1n) is 7.45. The maximum atomic E-state index is 13.1. The molecule has 1 aromatic rings. The van der Waals surface area contributed by atoms with E-state index in [-0.39, 0.29) is 23.4 Å². The second-order valence-corrected chi connectivity index (χ2v) is 8.02. The van der Waals surface area contributed by atoms with Crippen LogP contribution in [0.1, 0.15) is 29.6 Å². The van der Waals surface area contributed by atoms with Gasteiger partial charge in [-0.3, -0.25) is 4.79 Å². The number of nitrogens with zero attached hydrogens (tertiary/aromatic N) is 2. The van der Waals surface area contributed by atoms with Crippen LogP contribution in [0.25, 0.3) is 0 Å². The first kappa shape index (κ1) is 18.7. The lowest BCUT2D eigenvalue weighted by atomic mass is 10.0. The molecule has 1 heterocycles. The molecule has 9 heteroatoms. The smallest absolute Gasteiger partial charge is 0.327 e. The van der Waals surface area contributed by atoms with Crippen molar-refractivity contribution in [3.63, 3.8) is 0 Å². The summed E-state index contributed by atoms with van der Waals surface area (Å²) in [5, 5.41) is 0. The molecule has 0 spiro atoms. The van der Waals surface area contributed by atoms with Crippen molar-refractivity contribution in [2.24, 2.45) is 0 Å². The van der Waals surface area contributed by atoms with Gasteiger partial charge >= 0.3 is 6.18 Å². The van der Waals surface area contributed by atoms with E-state index < -0.39 is 28.1 Å². The zero-order valence-corrected chi connectivity index (χ0v) is 14.2. The van der Waals surface area contributed by atoms with E-state index in [2.05, 4.69) is 0 Å². The summed E-state index contributed by atoms with van der Waals surface area (Å²) in [4.78, 5) is 13.2. The molecule has 1 atom stereocenters. The van der Waals surface area contributed by atoms with Crippen molar-refractivity contribution in [1.82, 2.24) is 9.21 Å². The molecule has 1 fully saturated rings. The third-order valence-corrected chi connectivity index (χ3v) is 5.85. The number of piperidine rings is 1. The fourth-order valence-corrected chi connectivity index (χ4v) is 3.56. The normalized spacial score (nSPS) is 19.6. The molecule has 1 unspecified atom stereocenters. The Kier molecular flexibility index (Phi) is 5.24. The van der Waals surface area contributed by atoms with Gasteiger partial charge in [0.15, 0.2) is 0 Å². The summed E-state index contributed by atoms with van der Waals surface area (Å²) in [5.41, 5.74) is 0.0452. The quantitative estimate of drug-likeness (QED) is 0.828. The van der Waals surface area contributed by atoms with Crippen LogP contribution in [0.3, 0.4) is 0 Å². The Bertz CT molecular complexity index is 700. The highest BCUT2D eigenvalue weighted by Gasteiger charge is 2.46. The molecule has 134 valence electrons. The topological polar surface area (TPSA) is 57.7 Å². The van der Waals surface area contributed by atoms with Gasteiger partial charge in [0.1, 0.15) is 6.04 Å². The van der Waals surface area contributed by atoms with E-state index in [1.807, 2.05) is 0 Å². The van der Waals surface area contributed by atoms with E-state index in [1.165, 1.54) is 38.4 Å². The maximum absolute atomic E-state index is 13.1. The molecule has 0 N–H and O–H groups in total. The summed E-state index contributed by atoms with van der Waals surface area (Å²) in [5.74, 6) is -0.731. The van der Waals surface area contributed by atoms with Crippen LogP contribution in [0.2, 0.25) is 0 Å². The molecule has 1 saturated heterocycles. The molecule has 0 bridgehead atoms. The van der Waals surface area contributed by atoms with Crippen molar-refractivity contribution in [1.29, 1.82) is 0 Å². The number of halogens is 3. The number of carbonyl (C=O) groups is 1. The molecule has 2 rings (SSSR count). The molecule has 1 aliphatic heterocycles. The summed E-state index contributed by atoms with van der Waals surface area (Å²) in [6.45, 7) is 0.0424. The Morgan fingerprint density at radius 2 is 1.75 bits per heavy atom. The largest absolute Gasteiger partial charge is 0.408 e. The van der Waals surface area contributed by atoms with Crippen LogP contribution >= 0.6 is 0 Å². The maximum Gasteiger partial charge on any atom is 0.408 e. The van der Waals surface area contributed by atoms with Crippen LogP contribution in [0.15, 0.2) is 29.2 Å². The van der Waals surface area contributed by atoms with Gasteiger partial charge in [0.25, 0.3) is 5.91 Å². The van der Waals surface area contributed by atoms with E-state index in [9.17, 15) is 26.4 Å². The molecule has 1 aliphatic rings. The highest BCUT2D eigenvalue weighted by molar-refractivity contribution is 7.89. The molecule has 1 amide bonds. The average molecular weight is 364 g/mol. The lowest BCUT2D eigenvalue weighted by Gasteiger charge is -2.36. The van der Waals surface area contributed by atoms with Crippen molar-refractivity contribution in [3.8, 4) is 0 Å². The van der Waals surface area contributed by atoms with Gasteiger partial charge in [0.2, 0.25) is 10.0 Å². The van der Waals surface area contributed by atoms with Gasteiger partial charge in [0, 0.05) is 26.2 Å². The molecular formula is C15H19F3N2O3S. The third-order valence-electron chi connectivity index (χ3n) is 4.02. The Labute approximate surface area is 139 Å². The van der Waals surface area contributed by atoms with Gasteiger partial charge < -0.3 is 4.90 Å². The van der Waals surface area contributed by atoms with E-state index in [4.69, 9.17) is 0 Å². The fourth-order valence-electron chi connectivity index (χ4n) is 2.66. The predicted octanol–water partition coefficient (Wildman–Crippen LogP) is 2.49. The SMILES string of the molecule is CN(C)S(=O)(=O)c1ccc(C(=O)N2CCCCC2C(F)(F)F)cc1. The Morgan fingerprint density at radius 1 is 1.17 bits per heavy atom. The number of sulfonamides is 1. The van der Waals surface area contributed by atoms with Crippen molar-refractivity contribution < 1.29 is 26.4 Å². The van der Waals surface area contributed by atoms with Crippen molar-refractivity contribution in [3.05, 3.63) is 29.8 Å². The molecule has 24 heavy (non-hydrogen) atoms.